The molecule has 33 heavy (non-hydrogen) atoms. The van der Waals surface area contributed by atoms with Gasteiger partial charge in [-0.2, -0.15) is 5.10 Å². The molecule has 0 spiro atoms. The van der Waals surface area contributed by atoms with Crippen LogP contribution < -0.4 is 15.5 Å². The number of aryl methyl sites for hydroxylation is 2. The van der Waals surface area contributed by atoms with Crippen molar-refractivity contribution < 1.29 is 14.3 Å². The molecule has 0 atom stereocenters. The number of aromatic hydroxyl groups is 1. The van der Waals surface area contributed by atoms with Crippen LogP contribution in [0.2, 0.25) is 0 Å². The first-order chi connectivity index (χ1) is 16.0. The molecule has 0 amide bonds. The van der Waals surface area contributed by atoms with Crippen molar-refractivity contribution in [3.8, 4) is 22.8 Å². The molecule has 0 radical (unpaired) electrons. The Balaban J connectivity index is 1.71. The van der Waals surface area contributed by atoms with Crippen LogP contribution in [0.3, 0.4) is 0 Å². The highest BCUT2D eigenvalue weighted by molar-refractivity contribution is 5.88. The number of nitrogens with zero attached hydrogens (tertiary/aromatic N) is 3. The van der Waals surface area contributed by atoms with Crippen LogP contribution in [0.15, 0.2) is 76.5 Å². The van der Waals surface area contributed by atoms with Crippen LogP contribution in [-0.2, 0) is 0 Å². The topological polar surface area (TPSA) is 92.8 Å². The minimum Gasteiger partial charge on any atom is -0.504 e. The number of fused-ring (bicyclic) bond motifs is 2. The van der Waals surface area contributed by atoms with E-state index < -0.39 is 0 Å². The molecular formula is C26H22N4O3. The normalized spacial score (nSPS) is 11.8. The standard InChI is InChI=1S/C26H22N4O3/c1-15-10-16(2)25-19(11-15)21(13-23(33-25)17-8-9-22(31)24(12-17)32-3)29-30-26-18-6-4-5-7-20(18)27-14-28-26/h4-14,31H,1-3H3,(H,27,28,30)/b29-21+. The summed E-state index contributed by atoms with van der Waals surface area (Å²) in [5, 5.41) is 17.1. The molecule has 2 aromatic heterocycles. The highest BCUT2D eigenvalue weighted by Crippen LogP contribution is 2.32. The van der Waals surface area contributed by atoms with Gasteiger partial charge in [-0.15, -0.1) is 0 Å². The van der Waals surface area contributed by atoms with Crippen molar-refractivity contribution in [3.63, 3.8) is 0 Å². The monoisotopic (exact) mass is 438 g/mol. The highest BCUT2D eigenvalue weighted by atomic mass is 16.5. The fourth-order valence-corrected chi connectivity index (χ4v) is 3.89. The van der Waals surface area contributed by atoms with Crippen molar-refractivity contribution >= 4 is 27.7 Å². The van der Waals surface area contributed by atoms with Crippen LogP contribution in [0.4, 0.5) is 5.82 Å². The van der Waals surface area contributed by atoms with Crippen LogP contribution in [0.5, 0.6) is 11.5 Å². The Morgan fingerprint density at radius 2 is 1.82 bits per heavy atom. The van der Waals surface area contributed by atoms with E-state index in [1.807, 2.05) is 50.2 Å². The molecule has 0 saturated heterocycles. The van der Waals surface area contributed by atoms with Crippen molar-refractivity contribution in [2.24, 2.45) is 5.10 Å². The minimum atomic E-state index is 0.0658. The molecule has 7 nitrogen and oxygen atoms in total. The van der Waals surface area contributed by atoms with E-state index in [2.05, 4.69) is 21.5 Å². The zero-order valence-electron chi connectivity index (χ0n) is 18.5. The molecule has 3 aromatic carbocycles. The maximum absolute atomic E-state index is 9.98. The van der Waals surface area contributed by atoms with E-state index in [1.165, 1.54) is 13.4 Å². The zero-order chi connectivity index (χ0) is 22.9. The predicted octanol–water partition coefficient (Wildman–Crippen LogP) is 5.30. The Bertz CT molecular complexity index is 1570. The maximum Gasteiger partial charge on any atom is 0.161 e. The van der Waals surface area contributed by atoms with Crippen molar-refractivity contribution in [2.75, 3.05) is 12.5 Å². The molecule has 7 heteroatoms. The Labute approximate surface area is 190 Å². The first-order valence-corrected chi connectivity index (χ1v) is 10.5. The number of hydrogen-bond donors (Lipinski definition) is 2. The molecule has 5 aromatic rings. The molecular weight excluding hydrogens is 416 g/mol. The Hall–Kier alpha value is -4.39. The molecule has 2 heterocycles. The van der Waals surface area contributed by atoms with Crippen molar-refractivity contribution in [2.45, 2.75) is 13.8 Å². The summed E-state index contributed by atoms with van der Waals surface area (Å²) < 4.78 is 11.6. The van der Waals surface area contributed by atoms with Gasteiger partial charge in [0.2, 0.25) is 0 Å². The summed E-state index contributed by atoms with van der Waals surface area (Å²) in [5.74, 6) is 1.65. The molecule has 0 aliphatic heterocycles. The van der Waals surface area contributed by atoms with Crippen LogP contribution in [0.25, 0.3) is 33.2 Å². The van der Waals surface area contributed by atoms with Gasteiger partial charge in [-0.05, 0) is 61.4 Å². The van der Waals surface area contributed by atoms with E-state index in [0.717, 1.165) is 38.6 Å². The number of aromatic nitrogens is 2. The van der Waals surface area contributed by atoms with Gasteiger partial charge in [-0.3, -0.25) is 5.43 Å². The van der Waals surface area contributed by atoms with Gasteiger partial charge in [0.15, 0.2) is 17.3 Å². The minimum absolute atomic E-state index is 0.0658. The molecule has 0 aliphatic carbocycles. The number of hydrogen-bond acceptors (Lipinski definition) is 7. The third-order valence-electron chi connectivity index (χ3n) is 5.46. The molecule has 164 valence electrons. The largest absolute Gasteiger partial charge is 0.504 e. The molecule has 0 aliphatic rings. The second-order valence-corrected chi connectivity index (χ2v) is 7.80. The van der Waals surface area contributed by atoms with E-state index in [0.29, 0.717) is 22.7 Å². The second-order valence-electron chi connectivity index (χ2n) is 7.80. The van der Waals surface area contributed by atoms with E-state index in [1.54, 1.807) is 18.2 Å². The summed E-state index contributed by atoms with van der Waals surface area (Å²) in [4.78, 5) is 8.67. The molecule has 0 fully saturated rings. The van der Waals surface area contributed by atoms with Crippen molar-refractivity contribution in [3.05, 3.63) is 83.5 Å². The molecule has 0 unspecified atom stereocenters. The third kappa shape index (κ3) is 3.85. The Kier molecular flexibility index (Phi) is 5.14. The number of methoxy groups -OCH3 is 1. The number of anilines is 1. The highest BCUT2D eigenvalue weighted by Gasteiger charge is 2.12. The number of phenols is 1. The lowest BCUT2D eigenvalue weighted by Crippen LogP contribution is -2.09. The zero-order valence-corrected chi connectivity index (χ0v) is 18.5. The fraction of sp³-hybridized carbons (Fsp3) is 0.115. The van der Waals surface area contributed by atoms with Gasteiger partial charge in [-0.1, -0.05) is 18.2 Å². The molecule has 0 saturated carbocycles. The van der Waals surface area contributed by atoms with E-state index in [4.69, 9.17) is 14.3 Å². The number of rotatable bonds is 4. The predicted molar refractivity (Wildman–Crippen MR) is 128 cm³/mol. The lowest BCUT2D eigenvalue weighted by atomic mass is 10.1. The Morgan fingerprint density at radius 1 is 0.970 bits per heavy atom. The molecule has 2 N–H and O–H groups in total. The number of ether oxygens (including phenoxy) is 1. The summed E-state index contributed by atoms with van der Waals surface area (Å²) in [5.41, 5.74) is 7.55. The first-order valence-electron chi connectivity index (χ1n) is 10.5. The van der Waals surface area contributed by atoms with Gasteiger partial charge < -0.3 is 14.3 Å². The van der Waals surface area contributed by atoms with Gasteiger partial charge >= 0.3 is 0 Å². The summed E-state index contributed by atoms with van der Waals surface area (Å²) in [6.45, 7) is 4.05. The number of benzene rings is 3. The van der Waals surface area contributed by atoms with Crippen LogP contribution in [-0.4, -0.2) is 22.2 Å². The smallest absolute Gasteiger partial charge is 0.161 e. The first kappa shape index (κ1) is 20.5. The summed E-state index contributed by atoms with van der Waals surface area (Å²) in [6.07, 6.45) is 1.51. The van der Waals surface area contributed by atoms with Crippen LogP contribution in [0, 0.1) is 13.8 Å². The lowest BCUT2D eigenvalue weighted by molar-refractivity contribution is 0.373. The van der Waals surface area contributed by atoms with Gasteiger partial charge in [-0.25, -0.2) is 9.97 Å². The van der Waals surface area contributed by atoms with Crippen LogP contribution >= 0.6 is 0 Å². The summed E-state index contributed by atoms with van der Waals surface area (Å²) in [7, 11) is 1.51. The third-order valence-corrected chi connectivity index (χ3v) is 5.46. The van der Waals surface area contributed by atoms with E-state index in [-0.39, 0.29) is 5.75 Å². The van der Waals surface area contributed by atoms with Gasteiger partial charge in [0.05, 0.1) is 18.0 Å². The summed E-state index contributed by atoms with van der Waals surface area (Å²) in [6, 6.07) is 18.8. The number of nitrogens with one attached hydrogen (secondary N) is 1. The van der Waals surface area contributed by atoms with Crippen molar-refractivity contribution in [1.82, 2.24) is 9.97 Å². The number of para-hydroxylation sites is 1. The van der Waals surface area contributed by atoms with Gasteiger partial charge in [0.25, 0.3) is 0 Å². The lowest BCUT2D eigenvalue weighted by Gasteiger charge is -2.10. The number of phenolic OH excluding ortho intramolecular Hbond substituents is 1. The molecule has 5 rings (SSSR count). The SMILES string of the molecule is COc1cc(-c2c/c(=N\Nc3ncnc4ccccc34)c3cc(C)cc(C)c3o2)ccc1O. The van der Waals surface area contributed by atoms with Gasteiger partial charge in [0.1, 0.15) is 17.7 Å². The average molecular weight is 438 g/mol. The second kappa shape index (κ2) is 8.27. The fourth-order valence-electron chi connectivity index (χ4n) is 3.89. The maximum atomic E-state index is 9.98. The van der Waals surface area contributed by atoms with Gasteiger partial charge in [0, 0.05) is 22.4 Å². The quantitative estimate of drug-likeness (QED) is 0.370. The Morgan fingerprint density at radius 3 is 2.67 bits per heavy atom. The average Bonchev–Trinajstić information content (AvgIpc) is 2.83. The van der Waals surface area contributed by atoms with Crippen molar-refractivity contribution in [1.29, 1.82) is 0 Å². The summed E-state index contributed by atoms with van der Waals surface area (Å²) >= 11 is 0. The van der Waals surface area contributed by atoms with Crippen LogP contribution in [0.1, 0.15) is 11.1 Å². The van der Waals surface area contributed by atoms with E-state index >= 15 is 0 Å². The van der Waals surface area contributed by atoms with E-state index in [9.17, 15) is 5.11 Å². The molecule has 0 bridgehead atoms.